The molecule has 0 spiro atoms. The summed E-state index contributed by atoms with van der Waals surface area (Å²) in [6, 6.07) is 23.0. The van der Waals surface area contributed by atoms with Gasteiger partial charge in [0.15, 0.2) is 6.61 Å². The molecule has 0 saturated carbocycles. The zero-order chi connectivity index (χ0) is 22.3. The number of aryl methyl sites for hydroxylation is 2. The second-order valence-electron chi connectivity index (χ2n) is 8.60. The van der Waals surface area contributed by atoms with Gasteiger partial charge < -0.3 is 9.64 Å². The van der Waals surface area contributed by atoms with Gasteiger partial charge in [0.25, 0.3) is 5.91 Å². The Kier molecular flexibility index (Phi) is 7.21. The SMILES string of the molecule is Cc1cccc(-c2ccccc2)c1OCC(=O)N1CCC(CCc2ccc(F)cc2)CC1. The Labute approximate surface area is 189 Å². The molecular formula is C28H30FNO2. The van der Waals surface area contributed by atoms with Gasteiger partial charge in [-0.3, -0.25) is 4.79 Å². The smallest absolute Gasteiger partial charge is 0.260 e. The van der Waals surface area contributed by atoms with Gasteiger partial charge in [0.2, 0.25) is 0 Å². The number of rotatable bonds is 7. The van der Waals surface area contributed by atoms with E-state index in [2.05, 4.69) is 12.1 Å². The number of carbonyl (C=O) groups excluding carboxylic acids is 1. The molecule has 4 rings (SSSR count). The summed E-state index contributed by atoms with van der Waals surface area (Å²) in [7, 11) is 0. The van der Waals surface area contributed by atoms with E-state index in [0.717, 1.165) is 61.2 Å². The van der Waals surface area contributed by atoms with E-state index < -0.39 is 0 Å². The fourth-order valence-electron chi connectivity index (χ4n) is 4.41. The fraction of sp³-hybridized carbons (Fsp3) is 0.321. The van der Waals surface area contributed by atoms with E-state index in [1.165, 1.54) is 17.7 Å². The van der Waals surface area contributed by atoms with E-state index in [9.17, 15) is 9.18 Å². The molecule has 166 valence electrons. The van der Waals surface area contributed by atoms with Crippen LogP contribution in [0, 0.1) is 18.7 Å². The molecule has 3 aromatic carbocycles. The van der Waals surface area contributed by atoms with Gasteiger partial charge in [0.05, 0.1) is 0 Å². The van der Waals surface area contributed by atoms with Crippen molar-refractivity contribution in [1.82, 2.24) is 4.90 Å². The Morgan fingerprint density at radius 1 is 0.969 bits per heavy atom. The van der Waals surface area contributed by atoms with Crippen molar-refractivity contribution in [2.45, 2.75) is 32.6 Å². The highest BCUT2D eigenvalue weighted by atomic mass is 19.1. The molecule has 0 N–H and O–H groups in total. The van der Waals surface area contributed by atoms with Gasteiger partial charge in [-0.2, -0.15) is 0 Å². The van der Waals surface area contributed by atoms with Gasteiger partial charge in [-0.1, -0.05) is 60.7 Å². The van der Waals surface area contributed by atoms with Crippen LogP contribution in [-0.2, 0) is 11.2 Å². The molecule has 0 atom stereocenters. The Morgan fingerprint density at radius 2 is 1.69 bits per heavy atom. The third kappa shape index (κ3) is 5.56. The second kappa shape index (κ2) is 10.4. The molecule has 4 heteroatoms. The molecule has 3 aromatic rings. The quantitative estimate of drug-likeness (QED) is 0.456. The number of piperidine rings is 1. The van der Waals surface area contributed by atoms with Crippen LogP contribution in [0.15, 0.2) is 72.8 Å². The lowest BCUT2D eigenvalue weighted by molar-refractivity contribution is -0.134. The molecule has 0 aliphatic carbocycles. The van der Waals surface area contributed by atoms with Crippen LogP contribution in [0.25, 0.3) is 11.1 Å². The third-order valence-corrected chi connectivity index (χ3v) is 6.36. The van der Waals surface area contributed by atoms with Crippen LogP contribution in [-0.4, -0.2) is 30.5 Å². The van der Waals surface area contributed by atoms with Crippen molar-refractivity contribution in [3.63, 3.8) is 0 Å². The highest BCUT2D eigenvalue weighted by Gasteiger charge is 2.23. The van der Waals surface area contributed by atoms with E-state index >= 15 is 0 Å². The summed E-state index contributed by atoms with van der Waals surface area (Å²) in [4.78, 5) is 14.7. The summed E-state index contributed by atoms with van der Waals surface area (Å²) in [6.45, 7) is 3.62. The molecule has 32 heavy (non-hydrogen) atoms. The van der Waals surface area contributed by atoms with Crippen molar-refractivity contribution in [2.24, 2.45) is 5.92 Å². The molecule has 1 saturated heterocycles. The van der Waals surface area contributed by atoms with Crippen molar-refractivity contribution in [3.05, 3.63) is 89.7 Å². The number of likely N-dealkylation sites (tertiary alicyclic amines) is 1. The Morgan fingerprint density at radius 3 is 2.41 bits per heavy atom. The molecule has 1 amide bonds. The summed E-state index contributed by atoms with van der Waals surface area (Å²) in [5.74, 6) is 1.24. The third-order valence-electron chi connectivity index (χ3n) is 6.36. The number of carbonyl (C=O) groups is 1. The molecule has 1 fully saturated rings. The van der Waals surface area contributed by atoms with E-state index in [-0.39, 0.29) is 18.3 Å². The summed E-state index contributed by atoms with van der Waals surface area (Å²) in [5, 5.41) is 0. The Hall–Kier alpha value is -3.14. The molecular weight excluding hydrogens is 401 g/mol. The Bertz CT molecular complexity index is 1030. The second-order valence-corrected chi connectivity index (χ2v) is 8.60. The normalized spacial score (nSPS) is 14.4. The molecule has 1 aliphatic heterocycles. The van der Waals surface area contributed by atoms with E-state index in [4.69, 9.17) is 4.74 Å². The van der Waals surface area contributed by atoms with E-state index in [1.807, 2.05) is 60.4 Å². The number of para-hydroxylation sites is 1. The van der Waals surface area contributed by atoms with Crippen LogP contribution in [0.1, 0.15) is 30.4 Å². The van der Waals surface area contributed by atoms with Crippen molar-refractivity contribution >= 4 is 5.91 Å². The first kappa shape index (κ1) is 22.1. The number of halogens is 1. The van der Waals surface area contributed by atoms with Crippen LogP contribution in [0.3, 0.4) is 0 Å². The monoisotopic (exact) mass is 431 g/mol. The largest absolute Gasteiger partial charge is 0.483 e. The number of hydrogen-bond acceptors (Lipinski definition) is 2. The zero-order valence-electron chi connectivity index (χ0n) is 18.6. The van der Waals surface area contributed by atoms with Crippen LogP contribution in [0.2, 0.25) is 0 Å². The average molecular weight is 432 g/mol. The van der Waals surface area contributed by atoms with Gasteiger partial charge >= 0.3 is 0 Å². The highest BCUT2D eigenvalue weighted by molar-refractivity contribution is 5.79. The average Bonchev–Trinajstić information content (AvgIpc) is 2.83. The highest BCUT2D eigenvalue weighted by Crippen LogP contribution is 2.33. The van der Waals surface area contributed by atoms with Gasteiger partial charge in [0, 0.05) is 18.7 Å². The summed E-state index contributed by atoms with van der Waals surface area (Å²) < 4.78 is 19.1. The van der Waals surface area contributed by atoms with E-state index in [0.29, 0.717) is 5.92 Å². The molecule has 0 bridgehead atoms. The van der Waals surface area contributed by atoms with Gasteiger partial charge in [-0.05, 0) is 67.3 Å². The first-order valence-electron chi connectivity index (χ1n) is 11.4. The summed E-state index contributed by atoms with van der Waals surface area (Å²) >= 11 is 0. The maximum Gasteiger partial charge on any atom is 0.260 e. The Balaban J connectivity index is 1.28. The number of nitrogens with zero attached hydrogens (tertiary/aromatic N) is 1. The number of hydrogen-bond donors (Lipinski definition) is 0. The molecule has 0 aromatic heterocycles. The molecule has 0 radical (unpaired) electrons. The summed E-state index contributed by atoms with van der Waals surface area (Å²) in [6.07, 6.45) is 4.05. The maximum absolute atomic E-state index is 13.1. The zero-order valence-corrected chi connectivity index (χ0v) is 18.6. The van der Waals surface area contributed by atoms with Crippen molar-refractivity contribution < 1.29 is 13.9 Å². The lowest BCUT2D eigenvalue weighted by Gasteiger charge is -2.32. The first-order valence-corrected chi connectivity index (χ1v) is 11.4. The van der Waals surface area contributed by atoms with Gasteiger partial charge in [-0.15, -0.1) is 0 Å². The number of amides is 1. The van der Waals surface area contributed by atoms with Crippen molar-refractivity contribution in [3.8, 4) is 16.9 Å². The minimum absolute atomic E-state index is 0.0456. The molecule has 3 nitrogen and oxygen atoms in total. The first-order chi connectivity index (χ1) is 15.6. The number of benzene rings is 3. The van der Waals surface area contributed by atoms with Crippen LogP contribution < -0.4 is 4.74 Å². The topological polar surface area (TPSA) is 29.5 Å². The lowest BCUT2D eigenvalue weighted by atomic mass is 9.90. The van der Waals surface area contributed by atoms with Gasteiger partial charge in [-0.25, -0.2) is 4.39 Å². The molecule has 1 heterocycles. The van der Waals surface area contributed by atoms with Crippen molar-refractivity contribution in [1.29, 1.82) is 0 Å². The standard InChI is InChI=1S/C28H30FNO2/c1-21-6-5-9-26(24-7-3-2-4-8-24)28(21)32-20-27(31)30-18-16-23(17-19-30)11-10-22-12-14-25(29)15-13-22/h2-9,12-15,23H,10-11,16-20H2,1H3. The van der Waals surface area contributed by atoms with Gasteiger partial charge in [0.1, 0.15) is 11.6 Å². The minimum Gasteiger partial charge on any atom is -0.483 e. The van der Waals surface area contributed by atoms with Crippen LogP contribution in [0.5, 0.6) is 5.75 Å². The predicted molar refractivity (Wildman–Crippen MR) is 126 cm³/mol. The van der Waals surface area contributed by atoms with Crippen LogP contribution in [0.4, 0.5) is 4.39 Å². The predicted octanol–water partition coefficient (Wildman–Crippen LogP) is 6.05. The summed E-state index contributed by atoms with van der Waals surface area (Å²) in [5.41, 5.74) is 4.29. The maximum atomic E-state index is 13.1. The lowest BCUT2D eigenvalue weighted by Crippen LogP contribution is -2.41. The van der Waals surface area contributed by atoms with E-state index in [1.54, 1.807) is 0 Å². The van der Waals surface area contributed by atoms with Crippen molar-refractivity contribution in [2.75, 3.05) is 19.7 Å². The molecule has 0 unspecified atom stereocenters. The minimum atomic E-state index is -0.190. The van der Waals surface area contributed by atoms with Crippen LogP contribution >= 0.6 is 0 Å². The molecule has 1 aliphatic rings. The fourth-order valence-corrected chi connectivity index (χ4v) is 4.41. The number of ether oxygens (including phenoxy) is 1.